The minimum Gasteiger partial charge on any atom is -0.465 e. The number of allylic oxidation sites excluding steroid dienone is 1. The number of carbonyl (C=O) groups is 1. The van der Waals surface area contributed by atoms with Crippen LogP contribution in [0.4, 0.5) is 0 Å². The number of nitrogens with one attached hydrogen (secondary N) is 1. The number of nitrogens with two attached hydrogens (primary N) is 2. The fourth-order valence-electron chi connectivity index (χ4n) is 3.97. The van der Waals surface area contributed by atoms with E-state index in [1.54, 1.807) is 13.0 Å². The van der Waals surface area contributed by atoms with Crippen molar-refractivity contribution in [3.63, 3.8) is 0 Å². The van der Waals surface area contributed by atoms with Gasteiger partial charge in [-0.05, 0) is 32.3 Å². The van der Waals surface area contributed by atoms with Crippen LogP contribution in [0.1, 0.15) is 45.4 Å². The fourth-order valence-corrected chi connectivity index (χ4v) is 3.97. The van der Waals surface area contributed by atoms with Crippen LogP contribution in [-0.2, 0) is 9.53 Å². The van der Waals surface area contributed by atoms with E-state index in [2.05, 4.69) is 5.32 Å². The predicted octanol–water partition coefficient (Wildman–Crippen LogP) is 0.797. The molecular formula is C19H34N4O3. The van der Waals surface area contributed by atoms with Crippen LogP contribution < -0.4 is 16.8 Å². The maximum Gasteiger partial charge on any atom is 0.341 e. The van der Waals surface area contributed by atoms with Crippen molar-refractivity contribution in [2.45, 2.75) is 57.5 Å². The average molecular weight is 367 g/mol. The topological polar surface area (TPSA) is 114 Å². The first-order valence-corrected chi connectivity index (χ1v) is 9.60. The largest absolute Gasteiger partial charge is 0.465 e. The van der Waals surface area contributed by atoms with Gasteiger partial charge in [-0.1, -0.05) is 19.3 Å². The van der Waals surface area contributed by atoms with Crippen molar-refractivity contribution in [2.24, 2.45) is 17.4 Å². The Labute approximate surface area is 156 Å². The van der Waals surface area contributed by atoms with E-state index in [1.807, 2.05) is 4.90 Å². The monoisotopic (exact) mass is 366 g/mol. The molecule has 2 fully saturated rings. The van der Waals surface area contributed by atoms with E-state index in [-0.39, 0.29) is 24.1 Å². The van der Waals surface area contributed by atoms with Gasteiger partial charge >= 0.3 is 5.97 Å². The third-order valence-corrected chi connectivity index (χ3v) is 5.42. The zero-order valence-electron chi connectivity index (χ0n) is 16.0. The highest BCUT2D eigenvalue weighted by Gasteiger charge is 2.32. The Balaban J connectivity index is 2.08. The van der Waals surface area contributed by atoms with E-state index in [1.165, 1.54) is 39.2 Å². The summed E-state index contributed by atoms with van der Waals surface area (Å²) in [5.74, 6) is -0.0717. The molecule has 1 aliphatic carbocycles. The minimum absolute atomic E-state index is 0.0751. The fraction of sp³-hybridized carbons (Fsp3) is 0.737. The standard InChI is InChI=1S/C19H34N4O3/c1-13(20)10-16(19(25)26-2)18(21)23-9-8-17(14(11-23)12-24)22-15-6-4-3-5-7-15/h10,14-15,17,22,24H,3-9,11-12,20-21H2,1-2H3/b13-10-,18-16-. The number of nitrogens with zero attached hydrogens (tertiary/aromatic N) is 1. The van der Waals surface area contributed by atoms with Gasteiger partial charge in [0.2, 0.25) is 0 Å². The molecule has 7 heteroatoms. The number of likely N-dealkylation sites (tertiary alicyclic amines) is 1. The molecule has 1 heterocycles. The molecule has 6 N–H and O–H groups in total. The predicted molar refractivity (Wildman–Crippen MR) is 102 cm³/mol. The van der Waals surface area contributed by atoms with Crippen LogP contribution >= 0.6 is 0 Å². The van der Waals surface area contributed by atoms with Gasteiger partial charge in [-0.3, -0.25) is 0 Å². The van der Waals surface area contributed by atoms with Crippen molar-refractivity contribution in [3.05, 3.63) is 23.2 Å². The third kappa shape index (κ3) is 5.38. The van der Waals surface area contributed by atoms with Crippen LogP contribution in [0.25, 0.3) is 0 Å². The molecule has 2 rings (SSSR count). The van der Waals surface area contributed by atoms with Crippen molar-refractivity contribution < 1.29 is 14.6 Å². The van der Waals surface area contributed by atoms with Crippen molar-refractivity contribution in [1.82, 2.24) is 10.2 Å². The molecule has 0 bridgehead atoms. The number of aliphatic hydroxyl groups excluding tert-OH is 1. The molecule has 26 heavy (non-hydrogen) atoms. The van der Waals surface area contributed by atoms with Gasteiger partial charge in [0.1, 0.15) is 11.4 Å². The van der Waals surface area contributed by atoms with E-state index in [4.69, 9.17) is 16.2 Å². The van der Waals surface area contributed by atoms with Gasteiger partial charge in [0.15, 0.2) is 0 Å². The third-order valence-electron chi connectivity index (χ3n) is 5.42. The first-order valence-electron chi connectivity index (χ1n) is 9.60. The average Bonchev–Trinajstić information content (AvgIpc) is 2.66. The number of ether oxygens (including phenoxy) is 1. The van der Waals surface area contributed by atoms with Gasteiger partial charge < -0.3 is 31.5 Å². The number of methoxy groups -OCH3 is 1. The Hall–Kier alpha value is -1.73. The van der Waals surface area contributed by atoms with Crippen LogP contribution in [-0.4, -0.2) is 54.9 Å². The Morgan fingerprint density at radius 1 is 1.27 bits per heavy atom. The number of hydrogen-bond donors (Lipinski definition) is 4. The number of piperidine rings is 1. The maximum atomic E-state index is 12.1. The second-order valence-electron chi connectivity index (χ2n) is 7.46. The van der Waals surface area contributed by atoms with E-state index in [0.717, 1.165) is 13.0 Å². The summed E-state index contributed by atoms with van der Waals surface area (Å²) in [4.78, 5) is 14.0. The molecule has 2 atom stereocenters. The minimum atomic E-state index is -0.504. The number of aliphatic hydroxyl groups is 1. The molecule has 1 aliphatic heterocycles. The van der Waals surface area contributed by atoms with Crippen LogP contribution in [0, 0.1) is 5.92 Å². The van der Waals surface area contributed by atoms with Gasteiger partial charge in [-0.2, -0.15) is 0 Å². The van der Waals surface area contributed by atoms with E-state index >= 15 is 0 Å². The molecule has 1 saturated heterocycles. The summed E-state index contributed by atoms with van der Waals surface area (Å²) in [6.07, 6.45) is 8.74. The summed E-state index contributed by atoms with van der Waals surface area (Å²) < 4.78 is 4.83. The molecule has 0 aromatic rings. The quantitative estimate of drug-likeness (QED) is 0.312. The summed E-state index contributed by atoms with van der Waals surface area (Å²) >= 11 is 0. The van der Waals surface area contributed by atoms with Crippen LogP contribution in [0.2, 0.25) is 0 Å². The van der Waals surface area contributed by atoms with Crippen LogP contribution in [0.3, 0.4) is 0 Å². The van der Waals surface area contributed by atoms with Crippen LogP contribution in [0.15, 0.2) is 23.2 Å². The number of esters is 1. The molecule has 148 valence electrons. The van der Waals surface area contributed by atoms with Gasteiger partial charge in [0.05, 0.1) is 7.11 Å². The van der Waals surface area contributed by atoms with Crippen LogP contribution in [0.5, 0.6) is 0 Å². The SMILES string of the molecule is COC(=O)C(/C=C(/C)N)=C(/N)N1CCC(NC2CCCCC2)C(CO)C1. The molecule has 0 amide bonds. The summed E-state index contributed by atoms with van der Waals surface area (Å²) in [5, 5.41) is 13.6. The lowest BCUT2D eigenvalue weighted by Crippen LogP contribution is -2.54. The second-order valence-corrected chi connectivity index (χ2v) is 7.46. The van der Waals surface area contributed by atoms with Gasteiger partial charge in [0.25, 0.3) is 0 Å². The maximum absolute atomic E-state index is 12.1. The summed E-state index contributed by atoms with van der Waals surface area (Å²) in [6.45, 7) is 3.12. The summed E-state index contributed by atoms with van der Waals surface area (Å²) in [5.41, 5.74) is 12.7. The highest BCUT2D eigenvalue weighted by molar-refractivity contribution is 5.92. The number of rotatable bonds is 6. The smallest absolute Gasteiger partial charge is 0.341 e. The molecule has 0 aromatic heterocycles. The Bertz CT molecular complexity index is 537. The molecule has 0 spiro atoms. The van der Waals surface area contributed by atoms with Gasteiger partial charge in [0, 0.05) is 43.4 Å². The van der Waals surface area contributed by atoms with E-state index in [9.17, 15) is 9.90 Å². The van der Waals surface area contributed by atoms with E-state index in [0.29, 0.717) is 24.1 Å². The zero-order chi connectivity index (χ0) is 19.1. The number of carbonyl (C=O) groups excluding carboxylic acids is 1. The zero-order valence-corrected chi connectivity index (χ0v) is 16.0. The Morgan fingerprint density at radius 2 is 1.96 bits per heavy atom. The first kappa shape index (κ1) is 20.6. The van der Waals surface area contributed by atoms with E-state index < -0.39 is 5.97 Å². The lowest BCUT2D eigenvalue weighted by Gasteiger charge is -2.41. The molecule has 7 nitrogen and oxygen atoms in total. The summed E-state index contributed by atoms with van der Waals surface area (Å²) in [6, 6.07) is 0.830. The highest BCUT2D eigenvalue weighted by Crippen LogP contribution is 2.24. The number of hydrogen-bond acceptors (Lipinski definition) is 7. The van der Waals surface area contributed by atoms with Crippen molar-refractivity contribution >= 4 is 5.97 Å². The lowest BCUT2D eigenvalue weighted by atomic mass is 9.89. The van der Waals surface area contributed by atoms with Gasteiger partial charge in [-0.25, -0.2) is 4.79 Å². The molecule has 0 radical (unpaired) electrons. The molecule has 1 saturated carbocycles. The molecule has 0 aromatic carbocycles. The van der Waals surface area contributed by atoms with Crippen molar-refractivity contribution in [1.29, 1.82) is 0 Å². The molecule has 2 aliphatic rings. The molecule has 2 unspecified atom stereocenters. The molecular weight excluding hydrogens is 332 g/mol. The Kier molecular flexibility index (Phi) is 7.78. The van der Waals surface area contributed by atoms with Gasteiger partial charge in [-0.15, -0.1) is 0 Å². The summed E-state index contributed by atoms with van der Waals surface area (Å²) in [7, 11) is 1.33. The highest BCUT2D eigenvalue weighted by atomic mass is 16.5. The van der Waals surface area contributed by atoms with Crippen molar-refractivity contribution in [2.75, 3.05) is 26.8 Å². The second kappa shape index (κ2) is 9.83. The first-order chi connectivity index (χ1) is 12.5. The van der Waals surface area contributed by atoms with Crippen molar-refractivity contribution in [3.8, 4) is 0 Å². The Morgan fingerprint density at radius 3 is 2.54 bits per heavy atom. The lowest BCUT2D eigenvalue weighted by molar-refractivity contribution is -0.135. The normalized spacial score (nSPS) is 26.4.